The van der Waals surface area contributed by atoms with Gasteiger partial charge in [0.15, 0.2) is 5.37 Å². The summed E-state index contributed by atoms with van der Waals surface area (Å²) in [6.07, 6.45) is 0. The number of rotatable bonds is 3. The Balaban J connectivity index is 1.84. The van der Waals surface area contributed by atoms with Gasteiger partial charge in [-0.3, -0.25) is 9.59 Å². The van der Waals surface area contributed by atoms with Crippen molar-refractivity contribution in [1.82, 2.24) is 0 Å². The zero-order valence-corrected chi connectivity index (χ0v) is 15.3. The van der Waals surface area contributed by atoms with E-state index in [1.54, 1.807) is 24.3 Å². The standard InChI is InChI=1S/C17H14Cl2N2O2S/c1-9-3-5-12(7-10(9)2)21-16(22)15(24-17(21)23)20-14-6-4-11(18)8-13(14)19/h3-8,15,20H,1-2H3. The number of anilines is 2. The molecule has 0 radical (unpaired) electrons. The van der Waals surface area contributed by atoms with E-state index in [0.717, 1.165) is 22.9 Å². The normalized spacial score (nSPS) is 17.5. The molecule has 0 saturated carbocycles. The van der Waals surface area contributed by atoms with E-state index in [4.69, 9.17) is 23.2 Å². The average molecular weight is 381 g/mol. The second-order valence-corrected chi connectivity index (χ2v) is 7.37. The molecular formula is C17H14Cl2N2O2S. The summed E-state index contributed by atoms with van der Waals surface area (Å²) in [5, 5.41) is 2.86. The molecule has 1 fully saturated rings. The molecule has 1 N–H and O–H groups in total. The second kappa shape index (κ2) is 6.67. The molecule has 124 valence electrons. The van der Waals surface area contributed by atoms with Crippen LogP contribution in [0.2, 0.25) is 10.0 Å². The summed E-state index contributed by atoms with van der Waals surface area (Å²) in [4.78, 5) is 26.1. The lowest BCUT2D eigenvalue weighted by Crippen LogP contribution is -2.34. The molecule has 0 aliphatic carbocycles. The highest BCUT2D eigenvalue weighted by Crippen LogP contribution is 2.35. The third kappa shape index (κ3) is 3.24. The highest BCUT2D eigenvalue weighted by Gasteiger charge is 2.41. The van der Waals surface area contributed by atoms with Crippen molar-refractivity contribution in [1.29, 1.82) is 0 Å². The van der Waals surface area contributed by atoms with Crippen LogP contribution in [0.4, 0.5) is 16.2 Å². The van der Waals surface area contributed by atoms with Gasteiger partial charge in [-0.15, -0.1) is 0 Å². The molecule has 2 aromatic carbocycles. The molecule has 0 aromatic heterocycles. The largest absolute Gasteiger partial charge is 0.364 e. The highest BCUT2D eigenvalue weighted by molar-refractivity contribution is 8.16. The maximum Gasteiger partial charge on any atom is 0.295 e. The van der Waals surface area contributed by atoms with E-state index in [2.05, 4.69) is 5.32 Å². The van der Waals surface area contributed by atoms with Gasteiger partial charge in [-0.05, 0) is 67.1 Å². The minimum absolute atomic E-state index is 0.314. The van der Waals surface area contributed by atoms with Crippen molar-refractivity contribution < 1.29 is 9.59 Å². The van der Waals surface area contributed by atoms with Crippen LogP contribution < -0.4 is 10.2 Å². The molecule has 0 spiro atoms. The third-order valence-corrected chi connectivity index (χ3v) is 5.30. The van der Waals surface area contributed by atoms with Crippen LogP contribution in [0.5, 0.6) is 0 Å². The van der Waals surface area contributed by atoms with E-state index < -0.39 is 5.37 Å². The zero-order chi connectivity index (χ0) is 17.4. The molecule has 1 heterocycles. The Morgan fingerprint density at radius 1 is 1.04 bits per heavy atom. The van der Waals surface area contributed by atoms with Crippen molar-refractivity contribution in [2.24, 2.45) is 0 Å². The summed E-state index contributed by atoms with van der Waals surface area (Å²) in [5.74, 6) is -0.320. The molecule has 1 atom stereocenters. The molecule has 2 amide bonds. The lowest BCUT2D eigenvalue weighted by atomic mass is 10.1. The smallest absolute Gasteiger partial charge is 0.295 e. The maximum absolute atomic E-state index is 12.6. The van der Waals surface area contributed by atoms with Crippen molar-refractivity contribution in [3.63, 3.8) is 0 Å². The number of amides is 2. The molecule has 4 nitrogen and oxygen atoms in total. The molecular weight excluding hydrogens is 367 g/mol. The summed E-state index contributed by atoms with van der Waals surface area (Å²) in [7, 11) is 0. The molecule has 1 unspecified atom stereocenters. The van der Waals surface area contributed by atoms with Crippen LogP contribution in [0, 0.1) is 13.8 Å². The molecule has 0 bridgehead atoms. The van der Waals surface area contributed by atoms with Gasteiger partial charge in [0.25, 0.3) is 11.1 Å². The quantitative estimate of drug-likeness (QED) is 0.789. The average Bonchev–Trinajstić information content (AvgIpc) is 2.79. The van der Waals surface area contributed by atoms with Crippen LogP contribution in [0.3, 0.4) is 0 Å². The Morgan fingerprint density at radius 2 is 1.79 bits per heavy atom. The van der Waals surface area contributed by atoms with E-state index in [-0.39, 0.29) is 11.1 Å². The Hall–Kier alpha value is -1.69. The number of hydrogen-bond acceptors (Lipinski definition) is 4. The SMILES string of the molecule is Cc1ccc(N2C(=O)SC(Nc3ccc(Cl)cc3Cl)C2=O)cc1C. The Kier molecular flexibility index (Phi) is 4.76. The van der Waals surface area contributed by atoms with Crippen LogP contribution in [0.15, 0.2) is 36.4 Å². The Bertz CT molecular complexity index is 841. The summed E-state index contributed by atoms with van der Waals surface area (Å²) in [6.45, 7) is 3.93. The van der Waals surface area contributed by atoms with E-state index in [1.807, 2.05) is 26.0 Å². The number of hydrogen-bond donors (Lipinski definition) is 1. The third-order valence-electron chi connectivity index (χ3n) is 3.81. The fourth-order valence-electron chi connectivity index (χ4n) is 2.35. The van der Waals surface area contributed by atoms with Gasteiger partial charge in [0.1, 0.15) is 0 Å². The van der Waals surface area contributed by atoms with E-state index in [9.17, 15) is 9.59 Å². The van der Waals surface area contributed by atoms with Gasteiger partial charge in [0.2, 0.25) is 0 Å². The predicted octanol–water partition coefficient (Wildman–Crippen LogP) is 5.25. The van der Waals surface area contributed by atoms with Crippen LogP contribution in [-0.2, 0) is 4.79 Å². The molecule has 3 rings (SSSR count). The van der Waals surface area contributed by atoms with Gasteiger partial charge in [-0.25, -0.2) is 4.90 Å². The molecule has 1 aliphatic heterocycles. The van der Waals surface area contributed by atoms with Crippen molar-refractivity contribution in [2.45, 2.75) is 19.2 Å². The summed E-state index contributed by atoms with van der Waals surface area (Å²) < 4.78 is 0. The predicted molar refractivity (Wildman–Crippen MR) is 100 cm³/mol. The Morgan fingerprint density at radius 3 is 2.46 bits per heavy atom. The fraction of sp³-hybridized carbons (Fsp3) is 0.176. The molecule has 1 aliphatic rings. The first kappa shape index (κ1) is 17.1. The van der Waals surface area contributed by atoms with Crippen molar-refractivity contribution in [2.75, 3.05) is 10.2 Å². The van der Waals surface area contributed by atoms with E-state index in [1.165, 1.54) is 4.90 Å². The van der Waals surface area contributed by atoms with Crippen LogP contribution >= 0.6 is 35.0 Å². The maximum atomic E-state index is 12.6. The summed E-state index contributed by atoms with van der Waals surface area (Å²) in [5.41, 5.74) is 3.26. The fourth-order valence-corrected chi connectivity index (χ4v) is 3.71. The molecule has 2 aromatic rings. The highest BCUT2D eigenvalue weighted by atomic mass is 35.5. The van der Waals surface area contributed by atoms with Crippen molar-refractivity contribution >= 4 is 57.5 Å². The summed E-state index contributed by atoms with van der Waals surface area (Å²) >= 11 is 12.9. The first-order valence-corrected chi connectivity index (χ1v) is 8.84. The summed E-state index contributed by atoms with van der Waals surface area (Å²) in [6, 6.07) is 10.4. The van der Waals surface area contributed by atoms with Gasteiger partial charge in [-0.1, -0.05) is 29.3 Å². The van der Waals surface area contributed by atoms with Gasteiger partial charge in [0.05, 0.1) is 16.4 Å². The number of halogens is 2. The van der Waals surface area contributed by atoms with Crippen LogP contribution in [0.1, 0.15) is 11.1 Å². The van der Waals surface area contributed by atoms with E-state index in [0.29, 0.717) is 21.4 Å². The number of carbonyl (C=O) groups excluding carboxylic acids is 2. The van der Waals surface area contributed by atoms with Crippen molar-refractivity contribution in [3.8, 4) is 0 Å². The van der Waals surface area contributed by atoms with Gasteiger partial charge in [-0.2, -0.15) is 0 Å². The number of nitrogens with one attached hydrogen (secondary N) is 1. The van der Waals surface area contributed by atoms with Crippen LogP contribution in [0.25, 0.3) is 0 Å². The van der Waals surface area contributed by atoms with Gasteiger partial charge >= 0.3 is 0 Å². The number of imide groups is 1. The molecule has 1 saturated heterocycles. The minimum atomic E-state index is -0.724. The second-order valence-electron chi connectivity index (χ2n) is 5.47. The van der Waals surface area contributed by atoms with Gasteiger partial charge < -0.3 is 5.32 Å². The topological polar surface area (TPSA) is 49.4 Å². The van der Waals surface area contributed by atoms with Crippen molar-refractivity contribution in [3.05, 3.63) is 57.6 Å². The Labute approximate surface area is 154 Å². The number of thioether (sulfide) groups is 1. The van der Waals surface area contributed by atoms with Gasteiger partial charge in [0, 0.05) is 5.02 Å². The lowest BCUT2D eigenvalue weighted by molar-refractivity contribution is -0.116. The first-order chi connectivity index (χ1) is 11.4. The minimum Gasteiger partial charge on any atom is -0.364 e. The molecule has 7 heteroatoms. The lowest BCUT2D eigenvalue weighted by Gasteiger charge is -2.16. The first-order valence-electron chi connectivity index (χ1n) is 7.20. The zero-order valence-electron chi connectivity index (χ0n) is 13.0. The number of aryl methyl sites for hydroxylation is 2. The van der Waals surface area contributed by atoms with Crippen LogP contribution in [-0.4, -0.2) is 16.5 Å². The van der Waals surface area contributed by atoms with E-state index >= 15 is 0 Å². The monoisotopic (exact) mass is 380 g/mol. The molecule has 24 heavy (non-hydrogen) atoms. The number of benzene rings is 2. The number of nitrogens with zero attached hydrogens (tertiary/aromatic N) is 1. The number of carbonyl (C=O) groups is 2.